The van der Waals surface area contributed by atoms with Crippen molar-refractivity contribution < 1.29 is 9.59 Å². The van der Waals surface area contributed by atoms with Gasteiger partial charge >= 0.3 is 6.03 Å². The van der Waals surface area contributed by atoms with Crippen LogP contribution in [-0.4, -0.2) is 24.5 Å². The summed E-state index contributed by atoms with van der Waals surface area (Å²) in [6.45, 7) is 4.07. The van der Waals surface area contributed by atoms with E-state index >= 15 is 0 Å². The van der Waals surface area contributed by atoms with E-state index in [1.165, 1.54) is 0 Å². The van der Waals surface area contributed by atoms with Gasteiger partial charge in [0.15, 0.2) is 0 Å². The fraction of sp³-hybridized carbons (Fsp3) is 0.385. The zero-order valence-corrected chi connectivity index (χ0v) is 11.8. The molecule has 0 aliphatic rings. The van der Waals surface area contributed by atoms with Gasteiger partial charge in [-0.05, 0) is 31.5 Å². The Hall–Kier alpha value is -1.75. The maximum Gasteiger partial charge on any atom is 0.315 e. The second-order valence-electron chi connectivity index (χ2n) is 4.38. The third-order valence-corrected chi connectivity index (χ3v) is 2.48. The molecule has 1 rings (SSSR count). The Kier molecular flexibility index (Phi) is 6.15. The van der Waals surface area contributed by atoms with Crippen LogP contribution in [0.2, 0.25) is 5.02 Å². The number of carbonyl (C=O) groups excluding carboxylic acids is 2. The highest BCUT2D eigenvalue weighted by atomic mass is 35.5. The van der Waals surface area contributed by atoms with Crippen LogP contribution >= 0.6 is 11.6 Å². The monoisotopic (exact) mass is 283 g/mol. The number of hydrogen-bond donors (Lipinski definition) is 3. The van der Waals surface area contributed by atoms with E-state index in [4.69, 9.17) is 11.6 Å². The minimum atomic E-state index is -0.381. The summed E-state index contributed by atoms with van der Waals surface area (Å²) in [7, 11) is 0. The lowest BCUT2D eigenvalue weighted by atomic mass is 10.2. The van der Waals surface area contributed by atoms with Crippen LogP contribution in [0.15, 0.2) is 24.3 Å². The van der Waals surface area contributed by atoms with Crippen LogP contribution in [-0.2, 0) is 11.3 Å². The van der Waals surface area contributed by atoms with Crippen molar-refractivity contribution in [3.63, 3.8) is 0 Å². The largest absolute Gasteiger partial charge is 0.352 e. The highest BCUT2D eigenvalue weighted by Crippen LogP contribution is 2.08. The number of halogens is 1. The summed E-state index contributed by atoms with van der Waals surface area (Å²) >= 11 is 5.76. The van der Waals surface area contributed by atoms with Gasteiger partial charge < -0.3 is 16.0 Å². The molecule has 0 aliphatic carbocycles. The first-order valence-electron chi connectivity index (χ1n) is 6.03. The highest BCUT2D eigenvalue weighted by molar-refractivity contribution is 6.30. The van der Waals surface area contributed by atoms with Gasteiger partial charge in [-0.2, -0.15) is 0 Å². The smallest absolute Gasteiger partial charge is 0.315 e. The zero-order valence-electron chi connectivity index (χ0n) is 11.0. The van der Waals surface area contributed by atoms with Gasteiger partial charge in [0.25, 0.3) is 0 Å². The van der Waals surface area contributed by atoms with Gasteiger partial charge in [-0.3, -0.25) is 4.79 Å². The molecule has 104 valence electrons. The Balaban J connectivity index is 2.24. The van der Waals surface area contributed by atoms with Crippen LogP contribution in [0.5, 0.6) is 0 Å². The number of carbonyl (C=O) groups is 2. The molecule has 3 N–H and O–H groups in total. The summed E-state index contributed by atoms with van der Waals surface area (Å²) in [5.41, 5.74) is 0.936. The van der Waals surface area contributed by atoms with Gasteiger partial charge in [-0.15, -0.1) is 0 Å². The van der Waals surface area contributed by atoms with Gasteiger partial charge in [0.05, 0.1) is 6.54 Å². The predicted molar refractivity (Wildman–Crippen MR) is 75.0 cm³/mol. The van der Waals surface area contributed by atoms with E-state index < -0.39 is 0 Å². The summed E-state index contributed by atoms with van der Waals surface area (Å²) in [6.07, 6.45) is 0. The number of amides is 3. The van der Waals surface area contributed by atoms with Gasteiger partial charge in [-0.25, -0.2) is 4.79 Å². The number of rotatable bonds is 5. The summed E-state index contributed by atoms with van der Waals surface area (Å²) in [6, 6.07) is 6.85. The van der Waals surface area contributed by atoms with Crippen LogP contribution in [0, 0.1) is 0 Å². The number of hydrogen-bond acceptors (Lipinski definition) is 2. The fourth-order valence-corrected chi connectivity index (χ4v) is 1.51. The SMILES string of the molecule is CC(C)NC(=O)CNC(=O)NCc1ccc(Cl)cc1. The molecule has 1 aromatic carbocycles. The normalized spacial score (nSPS) is 10.1. The van der Waals surface area contributed by atoms with Crippen LogP contribution in [0.1, 0.15) is 19.4 Å². The minimum absolute atomic E-state index is 0.0371. The molecule has 0 aromatic heterocycles. The molecule has 5 nitrogen and oxygen atoms in total. The maximum absolute atomic E-state index is 11.4. The molecule has 0 saturated carbocycles. The molecule has 0 atom stereocenters. The first kappa shape index (κ1) is 15.3. The highest BCUT2D eigenvalue weighted by Gasteiger charge is 2.05. The Bertz CT molecular complexity index is 432. The zero-order chi connectivity index (χ0) is 14.3. The summed E-state index contributed by atoms with van der Waals surface area (Å²) < 4.78 is 0. The van der Waals surface area contributed by atoms with Crippen molar-refractivity contribution >= 4 is 23.5 Å². The lowest BCUT2D eigenvalue weighted by Crippen LogP contribution is -2.43. The molecule has 19 heavy (non-hydrogen) atoms. The van der Waals surface area contributed by atoms with E-state index in [-0.39, 0.29) is 24.5 Å². The summed E-state index contributed by atoms with van der Waals surface area (Å²) in [5.74, 6) is -0.211. The predicted octanol–water partition coefficient (Wildman–Crippen LogP) is 1.66. The maximum atomic E-state index is 11.4. The van der Waals surface area contributed by atoms with E-state index in [0.717, 1.165) is 5.56 Å². The van der Waals surface area contributed by atoms with Gasteiger partial charge in [0.2, 0.25) is 5.91 Å². The van der Waals surface area contributed by atoms with Crippen molar-refractivity contribution in [2.45, 2.75) is 26.4 Å². The molecular weight excluding hydrogens is 266 g/mol. The van der Waals surface area contributed by atoms with Crippen molar-refractivity contribution in [2.75, 3.05) is 6.54 Å². The third-order valence-electron chi connectivity index (χ3n) is 2.23. The third kappa shape index (κ3) is 6.67. The standard InChI is InChI=1S/C13H18ClN3O2/c1-9(2)17-12(18)8-16-13(19)15-7-10-3-5-11(14)6-4-10/h3-6,9H,7-8H2,1-2H3,(H,17,18)(H2,15,16,19). The minimum Gasteiger partial charge on any atom is -0.352 e. The van der Waals surface area contributed by atoms with Crippen molar-refractivity contribution in [3.05, 3.63) is 34.9 Å². The molecule has 3 amide bonds. The summed E-state index contributed by atoms with van der Waals surface area (Å²) in [5, 5.41) is 8.47. The Morgan fingerprint density at radius 1 is 1.16 bits per heavy atom. The second-order valence-corrected chi connectivity index (χ2v) is 4.82. The quantitative estimate of drug-likeness (QED) is 0.769. The van der Waals surface area contributed by atoms with Crippen LogP contribution in [0.25, 0.3) is 0 Å². The molecule has 6 heteroatoms. The number of benzene rings is 1. The summed E-state index contributed by atoms with van der Waals surface area (Å²) in [4.78, 5) is 22.7. The van der Waals surface area contributed by atoms with Gasteiger partial charge in [-0.1, -0.05) is 23.7 Å². The van der Waals surface area contributed by atoms with Crippen LogP contribution in [0.3, 0.4) is 0 Å². The van der Waals surface area contributed by atoms with Crippen molar-refractivity contribution in [1.29, 1.82) is 0 Å². The Morgan fingerprint density at radius 3 is 2.37 bits per heavy atom. The molecule has 0 unspecified atom stereocenters. The molecule has 0 radical (unpaired) electrons. The lowest BCUT2D eigenvalue weighted by Gasteiger charge is -2.10. The topological polar surface area (TPSA) is 70.2 Å². The fourth-order valence-electron chi connectivity index (χ4n) is 1.38. The average Bonchev–Trinajstić information content (AvgIpc) is 2.35. The molecule has 0 bridgehead atoms. The molecular formula is C13H18ClN3O2. The van der Waals surface area contributed by atoms with E-state index in [2.05, 4.69) is 16.0 Å². The number of nitrogens with one attached hydrogen (secondary N) is 3. The van der Waals surface area contributed by atoms with Gasteiger partial charge in [0, 0.05) is 17.6 Å². The average molecular weight is 284 g/mol. The van der Waals surface area contributed by atoms with E-state index in [9.17, 15) is 9.59 Å². The van der Waals surface area contributed by atoms with Crippen LogP contribution in [0.4, 0.5) is 4.79 Å². The number of urea groups is 1. The van der Waals surface area contributed by atoms with E-state index in [0.29, 0.717) is 11.6 Å². The Morgan fingerprint density at radius 2 is 1.79 bits per heavy atom. The molecule has 0 aliphatic heterocycles. The van der Waals surface area contributed by atoms with Crippen molar-refractivity contribution in [1.82, 2.24) is 16.0 Å². The molecule has 0 saturated heterocycles. The second kappa shape index (κ2) is 7.63. The van der Waals surface area contributed by atoms with Gasteiger partial charge in [0.1, 0.15) is 0 Å². The molecule has 0 fully saturated rings. The molecule has 0 spiro atoms. The molecule has 0 heterocycles. The van der Waals surface area contributed by atoms with Crippen LogP contribution < -0.4 is 16.0 Å². The molecule has 1 aromatic rings. The van der Waals surface area contributed by atoms with Crippen molar-refractivity contribution in [3.8, 4) is 0 Å². The van der Waals surface area contributed by atoms with E-state index in [1.807, 2.05) is 26.0 Å². The van der Waals surface area contributed by atoms with E-state index in [1.54, 1.807) is 12.1 Å². The van der Waals surface area contributed by atoms with Crippen molar-refractivity contribution in [2.24, 2.45) is 0 Å². The Labute approximate surface area is 117 Å². The first-order chi connectivity index (χ1) is 8.97. The first-order valence-corrected chi connectivity index (χ1v) is 6.40. The lowest BCUT2D eigenvalue weighted by molar-refractivity contribution is -0.120.